The Morgan fingerprint density at radius 1 is 1.12 bits per heavy atom. The largest absolute Gasteiger partial charge is 0.497 e. The molecule has 0 heterocycles. The Labute approximate surface area is 170 Å². The fourth-order valence-electron chi connectivity index (χ4n) is 2.20. The number of ether oxygens (including phenoxy) is 2. The van der Waals surface area contributed by atoms with Gasteiger partial charge in [-0.15, -0.1) is 24.0 Å². The minimum atomic E-state index is 0. The van der Waals surface area contributed by atoms with E-state index >= 15 is 0 Å². The van der Waals surface area contributed by atoms with Gasteiger partial charge in [0.1, 0.15) is 11.5 Å². The number of aliphatic imine (C=N–C) groups is 1. The number of guanidine groups is 1. The molecule has 0 fully saturated rings. The van der Waals surface area contributed by atoms with E-state index in [1.165, 1.54) is 5.56 Å². The summed E-state index contributed by atoms with van der Waals surface area (Å²) in [5.41, 5.74) is 8.04. The molecule has 0 saturated heterocycles. The van der Waals surface area contributed by atoms with Crippen LogP contribution in [0.3, 0.4) is 0 Å². The first kappa shape index (κ1) is 21.4. The SMILES string of the molecule is COc1ccc(CCNC(N)=NCc2ccc(Cl)cc2OC)cc1.I. The molecule has 2 aromatic carbocycles. The fourth-order valence-corrected chi connectivity index (χ4v) is 2.36. The van der Waals surface area contributed by atoms with Crippen LogP contribution in [0, 0.1) is 0 Å². The van der Waals surface area contributed by atoms with Crippen molar-refractivity contribution in [3.8, 4) is 11.5 Å². The Hall–Kier alpha value is -1.67. The maximum atomic E-state index is 5.94. The molecule has 0 aliphatic carbocycles. The van der Waals surface area contributed by atoms with Crippen LogP contribution in [0.15, 0.2) is 47.5 Å². The van der Waals surface area contributed by atoms with Gasteiger partial charge in [0.05, 0.1) is 20.8 Å². The first-order valence-electron chi connectivity index (χ1n) is 7.61. The Morgan fingerprint density at radius 2 is 1.84 bits per heavy atom. The van der Waals surface area contributed by atoms with E-state index in [1.807, 2.05) is 36.4 Å². The number of nitrogens with zero attached hydrogens (tertiary/aromatic N) is 1. The Kier molecular flexibility index (Phi) is 9.44. The maximum absolute atomic E-state index is 5.94. The zero-order chi connectivity index (χ0) is 17.4. The van der Waals surface area contributed by atoms with Crippen LogP contribution in [-0.2, 0) is 13.0 Å². The Bertz CT molecular complexity index is 693. The molecule has 25 heavy (non-hydrogen) atoms. The first-order valence-corrected chi connectivity index (χ1v) is 7.99. The fraction of sp³-hybridized carbons (Fsp3) is 0.278. The summed E-state index contributed by atoms with van der Waals surface area (Å²) in [5, 5.41) is 3.74. The molecule has 0 saturated carbocycles. The predicted molar refractivity (Wildman–Crippen MR) is 113 cm³/mol. The number of hydrogen-bond donors (Lipinski definition) is 2. The van der Waals surface area contributed by atoms with Crippen molar-refractivity contribution in [1.82, 2.24) is 5.32 Å². The third kappa shape index (κ3) is 6.99. The van der Waals surface area contributed by atoms with Crippen LogP contribution in [0.2, 0.25) is 5.02 Å². The van der Waals surface area contributed by atoms with E-state index in [2.05, 4.69) is 10.3 Å². The van der Waals surface area contributed by atoms with E-state index in [0.29, 0.717) is 29.8 Å². The summed E-state index contributed by atoms with van der Waals surface area (Å²) in [5.74, 6) is 1.96. The second-order valence-corrected chi connectivity index (χ2v) is 5.62. The van der Waals surface area contributed by atoms with Crippen LogP contribution >= 0.6 is 35.6 Å². The quantitative estimate of drug-likeness (QED) is 0.365. The van der Waals surface area contributed by atoms with Crippen LogP contribution < -0.4 is 20.5 Å². The molecule has 2 rings (SSSR count). The molecule has 0 aliphatic heterocycles. The van der Waals surface area contributed by atoms with Gasteiger partial charge in [-0.25, -0.2) is 4.99 Å². The molecule has 0 aliphatic rings. The smallest absolute Gasteiger partial charge is 0.188 e. The number of rotatable bonds is 7. The van der Waals surface area contributed by atoms with E-state index in [-0.39, 0.29) is 24.0 Å². The highest BCUT2D eigenvalue weighted by Crippen LogP contribution is 2.23. The highest BCUT2D eigenvalue weighted by Gasteiger charge is 2.03. The van der Waals surface area contributed by atoms with Gasteiger partial charge in [0.15, 0.2) is 5.96 Å². The highest BCUT2D eigenvalue weighted by molar-refractivity contribution is 14.0. The van der Waals surface area contributed by atoms with Gasteiger partial charge in [0.25, 0.3) is 0 Å². The van der Waals surface area contributed by atoms with Crippen molar-refractivity contribution in [2.24, 2.45) is 10.7 Å². The second kappa shape index (κ2) is 11.0. The molecule has 0 amide bonds. The normalized spacial score (nSPS) is 10.8. The standard InChI is InChI=1S/C18H22ClN3O2.HI/c1-23-16-7-3-13(4-8-16)9-10-21-18(20)22-12-14-5-6-15(19)11-17(14)24-2;/h3-8,11H,9-10,12H2,1-2H3,(H3,20,21,22);1H. The summed E-state index contributed by atoms with van der Waals surface area (Å²) < 4.78 is 10.4. The van der Waals surface area contributed by atoms with Crippen molar-refractivity contribution in [3.05, 3.63) is 58.6 Å². The summed E-state index contributed by atoms with van der Waals surface area (Å²) in [7, 11) is 3.26. The van der Waals surface area contributed by atoms with Crippen LogP contribution in [-0.4, -0.2) is 26.7 Å². The summed E-state index contributed by atoms with van der Waals surface area (Å²) >= 11 is 5.94. The van der Waals surface area contributed by atoms with Crippen molar-refractivity contribution in [1.29, 1.82) is 0 Å². The number of hydrogen-bond acceptors (Lipinski definition) is 3. The monoisotopic (exact) mass is 475 g/mol. The van der Waals surface area contributed by atoms with Crippen molar-refractivity contribution in [2.75, 3.05) is 20.8 Å². The molecule has 136 valence electrons. The van der Waals surface area contributed by atoms with Gasteiger partial charge in [-0.2, -0.15) is 0 Å². The third-order valence-electron chi connectivity index (χ3n) is 3.55. The Balaban J connectivity index is 0.00000312. The van der Waals surface area contributed by atoms with Gasteiger partial charge in [-0.1, -0.05) is 29.8 Å². The molecule has 3 N–H and O–H groups in total. The van der Waals surface area contributed by atoms with Gasteiger partial charge >= 0.3 is 0 Å². The molecule has 0 bridgehead atoms. The van der Waals surface area contributed by atoms with Crippen molar-refractivity contribution >= 4 is 41.5 Å². The average molecular weight is 476 g/mol. The molecule has 2 aromatic rings. The van der Waals surface area contributed by atoms with E-state index in [9.17, 15) is 0 Å². The lowest BCUT2D eigenvalue weighted by Crippen LogP contribution is -2.33. The Morgan fingerprint density at radius 3 is 2.48 bits per heavy atom. The maximum Gasteiger partial charge on any atom is 0.188 e. The minimum absolute atomic E-state index is 0. The lowest BCUT2D eigenvalue weighted by atomic mass is 10.1. The highest BCUT2D eigenvalue weighted by atomic mass is 127. The number of nitrogens with one attached hydrogen (secondary N) is 1. The van der Waals surface area contributed by atoms with E-state index in [0.717, 1.165) is 17.7 Å². The molecule has 0 atom stereocenters. The molecule has 0 spiro atoms. The van der Waals surface area contributed by atoms with Crippen molar-refractivity contribution in [2.45, 2.75) is 13.0 Å². The van der Waals surface area contributed by atoms with Crippen LogP contribution in [0.1, 0.15) is 11.1 Å². The van der Waals surface area contributed by atoms with Gasteiger partial charge in [0, 0.05) is 17.1 Å². The number of methoxy groups -OCH3 is 2. The second-order valence-electron chi connectivity index (χ2n) is 5.18. The van der Waals surface area contributed by atoms with Gasteiger partial charge in [-0.3, -0.25) is 0 Å². The van der Waals surface area contributed by atoms with Gasteiger partial charge in [0.2, 0.25) is 0 Å². The molecule has 7 heteroatoms. The zero-order valence-electron chi connectivity index (χ0n) is 14.3. The van der Waals surface area contributed by atoms with Crippen LogP contribution in [0.4, 0.5) is 0 Å². The predicted octanol–water partition coefficient (Wildman–Crippen LogP) is 3.62. The summed E-state index contributed by atoms with van der Waals surface area (Å²) in [6.45, 7) is 1.14. The van der Waals surface area contributed by atoms with E-state index in [1.54, 1.807) is 20.3 Å². The lowest BCUT2D eigenvalue weighted by molar-refractivity contribution is 0.410. The van der Waals surface area contributed by atoms with Crippen molar-refractivity contribution < 1.29 is 9.47 Å². The molecular formula is C18H23ClIN3O2. The number of nitrogens with two attached hydrogens (primary N) is 1. The molecule has 0 radical (unpaired) electrons. The zero-order valence-corrected chi connectivity index (χ0v) is 17.4. The summed E-state index contributed by atoms with van der Waals surface area (Å²) in [6, 6.07) is 13.4. The molecule has 0 aromatic heterocycles. The van der Waals surface area contributed by atoms with E-state index in [4.69, 9.17) is 26.8 Å². The van der Waals surface area contributed by atoms with Crippen molar-refractivity contribution in [3.63, 3.8) is 0 Å². The van der Waals surface area contributed by atoms with Gasteiger partial charge in [-0.05, 0) is 36.2 Å². The third-order valence-corrected chi connectivity index (χ3v) is 3.78. The number of halogens is 2. The first-order chi connectivity index (χ1) is 11.6. The number of benzene rings is 2. The molecule has 0 unspecified atom stereocenters. The molecule has 5 nitrogen and oxygen atoms in total. The molecular weight excluding hydrogens is 453 g/mol. The van der Waals surface area contributed by atoms with Gasteiger partial charge < -0.3 is 20.5 Å². The topological polar surface area (TPSA) is 68.9 Å². The summed E-state index contributed by atoms with van der Waals surface area (Å²) in [6.07, 6.45) is 0.852. The van der Waals surface area contributed by atoms with E-state index < -0.39 is 0 Å². The average Bonchev–Trinajstić information content (AvgIpc) is 2.61. The minimum Gasteiger partial charge on any atom is -0.497 e. The summed E-state index contributed by atoms with van der Waals surface area (Å²) in [4.78, 5) is 4.33. The van der Waals surface area contributed by atoms with Crippen LogP contribution in [0.5, 0.6) is 11.5 Å². The van der Waals surface area contributed by atoms with Crippen LogP contribution in [0.25, 0.3) is 0 Å². The lowest BCUT2D eigenvalue weighted by Gasteiger charge is -2.09.